The second-order valence-corrected chi connectivity index (χ2v) is 3.48. The topological polar surface area (TPSA) is 38.7 Å². The lowest BCUT2D eigenvalue weighted by Gasteiger charge is -2.01. The smallest absolute Gasteiger partial charge is 0.159 e. The summed E-state index contributed by atoms with van der Waals surface area (Å²) < 4.78 is 0. The van der Waals surface area contributed by atoms with Crippen molar-refractivity contribution in [3.63, 3.8) is 0 Å². The highest BCUT2D eigenvalue weighted by Crippen LogP contribution is 2.18. The summed E-state index contributed by atoms with van der Waals surface area (Å²) in [5, 5.41) is 1.06. The van der Waals surface area contributed by atoms with Crippen molar-refractivity contribution in [1.29, 1.82) is 0 Å². The maximum absolute atomic E-state index is 4.51. The van der Waals surface area contributed by atoms with Crippen LogP contribution in [0, 0.1) is 0 Å². The molecule has 0 saturated heterocycles. The Morgan fingerprint density at radius 1 is 0.812 bits per heavy atom. The molecular weight excluding hydrogens is 198 g/mol. The molecule has 0 saturated carbocycles. The maximum Gasteiger partial charge on any atom is 0.159 e. The van der Waals surface area contributed by atoms with Gasteiger partial charge in [0.15, 0.2) is 5.65 Å². The lowest BCUT2D eigenvalue weighted by Crippen LogP contribution is -1.87. The van der Waals surface area contributed by atoms with Gasteiger partial charge in [0, 0.05) is 29.5 Å². The molecule has 0 aliphatic carbocycles. The summed E-state index contributed by atoms with van der Waals surface area (Å²) in [5.74, 6) is 0. The van der Waals surface area contributed by atoms with Crippen LogP contribution in [0.1, 0.15) is 0 Å². The first-order valence-corrected chi connectivity index (χ1v) is 5.06. The predicted molar refractivity (Wildman–Crippen MR) is 62.8 cm³/mol. The third-order valence-electron chi connectivity index (χ3n) is 2.44. The minimum atomic E-state index is 0.775. The Balaban J connectivity index is 2.19. The van der Waals surface area contributed by atoms with Crippen LogP contribution in [-0.4, -0.2) is 15.0 Å². The SMILES string of the molecule is c1cnc2nc(-c3ccncc3)ccc2c1. The summed E-state index contributed by atoms with van der Waals surface area (Å²) in [6, 6.07) is 11.8. The van der Waals surface area contributed by atoms with E-state index in [1.54, 1.807) is 18.6 Å². The molecular formula is C13H9N3. The molecule has 0 bridgehead atoms. The fourth-order valence-electron chi connectivity index (χ4n) is 1.64. The molecule has 0 amide bonds. The Morgan fingerprint density at radius 3 is 2.56 bits per heavy atom. The Kier molecular flexibility index (Phi) is 2.07. The average Bonchev–Trinajstić information content (AvgIpc) is 2.39. The molecule has 0 radical (unpaired) electrons. The van der Waals surface area contributed by atoms with Crippen LogP contribution >= 0.6 is 0 Å². The highest BCUT2D eigenvalue weighted by atomic mass is 14.8. The van der Waals surface area contributed by atoms with Crippen molar-refractivity contribution in [2.75, 3.05) is 0 Å². The zero-order valence-corrected chi connectivity index (χ0v) is 8.54. The summed E-state index contributed by atoms with van der Waals surface area (Å²) >= 11 is 0. The number of aromatic nitrogens is 3. The molecule has 3 nitrogen and oxygen atoms in total. The van der Waals surface area contributed by atoms with E-state index in [4.69, 9.17) is 0 Å². The molecule has 0 N–H and O–H groups in total. The standard InChI is InChI=1S/C13H9N3/c1-2-11-3-4-12(16-13(11)15-7-1)10-5-8-14-9-6-10/h1-9H. The van der Waals surface area contributed by atoms with Gasteiger partial charge in [-0.1, -0.05) is 0 Å². The van der Waals surface area contributed by atoms with Crippen LogP contribution < -0.4 is 0 Å². The van der Waals surface area contributed by atoms with Gasteiger partial charge in [-0.3, -0.25) is 4.98 Å². The van der Waals surface area contributed by atoms with Gasteiger partial charge >= 0.3 is 0 Å². The van der Waals surface area contributed by atoms with Crippen molar-refractivity contribution in [2.45, 2.75) is 0 Å². The quantitative estimate of drug-likeness (QED) is 0.615. The van der Waals surface area contributed by atoms with Gasteiger partial charge in [-0.2, -0.15) is 0 Å². The zero-order chi connectivity index (χ0) is 10.8. The van der Waals surface area contributed by atoms with E-state index in [1.165, 1.54) is 0 Å². The fourth-order valence-corrected chi connectivity index (χ4v) is 1.64. The Labute approximate surface area is 92.8 Å². The maximum atomic E-state index is 4.51. The molecule has 76 valence electrons. The van der Waals surface area contributed by atoms with Crippen molar-refractivity contribution in [3.8, 4) is 11.3 Å². The van der Waals surface area contributed by atoms with E-state index in [0.717, 1.165) is 22.3 Å². The minimum absolute atomic E-state index is 0.775. The van der Waals surface area contributed by atoms with Crippen LogP contribution in [0.3, 0.4) is 0 Å². The van der Waals surface area contributed by atoms with Gasteiger partial charge in [0.05, 0.1) is 5.69 Å². The molecule has 16 heavy (non-hydrogen) atoms. The Bertz CT molecular complexity index is 620. The summed E-state index contributed by atoms with van der Waals surface area (Å²) in [6.07, 6.45) is 5.28. The molecule has 0 unspecified atom stereocenters. The zero-order valence-electron chi connectivity index (χ0n) is 8.54. The van der Waals surface area contributed by atoms with Crippen molar-refractivity contribution >= 4 is 11.0 Å². The third-order valence-corrected chi connectivity index (χ3v) is 2.44. The van der Waals surface area contributed by atoms with E-state index in [9.17, 15) is 0 Å². The van der Waals surface area contributed by atoms with Crippen molar-refractivity contribution in [2.24, 2.45) is 0 Å². The summed E-state index contributed by atoms with van der Waals surface area (Å²) in [7, 11) is 0. The van der Waals surface area contributed by atoms with E-state index in [2.05, 4.69) is 15.0 Å². The Hall–Kier alpha value is -2.29. The van der Waals surface area contributed by atoms with Gasteiger partial charge in [0.2, 0.25) is 0 Å². The second kappa shape index (κ2) is 3.70. The van der Waals surface area contributed by atoms with E-state index >= 15 is 0 Å². The number of hydrogen-bond acceptors (Lipinski definition) is 3. The third kappa shape index (κ3) is 1.52. The highest BCUT2D eigenvalue weighted by Gasteiger charge is 2.00. The van der Waals surface area contributed by atoms with Gasteiger partial charge in [-0.25, -0.2) is 9.97 Å². The van der Waals surface area contributed by atoms with Crippen molar-refractivity contribution in [3.05, 3.63) is 55.0 Å². The molecule has 0 aliphatic rings. The molecule has 0 aliphatic heterocycles. The predicted octanol–water partition coefficient (Wildman–Crippen LogP) is 2.69. The van der Waals surface area contributed by atoms with Gasteiger partial charge in [-0.15, -0.1) is 0 Å². The van der Waals surface area contributed by atoms with Crippen molar-refractivity contribution < 1.29 is 0 Å². The van der Waals surface area contributed by atoms with E-state index in [0.29, 0.717) is 0 Å². The average molecular weight is 207 g/mol. The van der Waals surface area contributed by atoms with Crippen molar-refractivity contribution in [1.82, 2.24) is 15.0 Å². The number of rotatable bonds is 1. The minimum Gasteiger partial charge on any atom is -0.265 e. The van der Waals surface area contributed by atoms with Crippen LogP contribution in [0.4, 0.5) is 0 Å². The van der Waals surface area contributed by atoms with Gasteiger partial charge < -0.3 is 0 Å². The highest BCUT2D eigenvalue weighted by molar-refractivity contribution is 5.77. The molecule has 0 spiro atoms. The normalized spacial score (nSPS) is 10.5. The molecule has 3 heterocycles. The summed E-state index contributed by atoms with van der Waals surface area (Å²) in [4.78, 5) is 12.7. The number of hydrogen-bond donors (Lipinski definition) is 0. The first kappa shape index (κ1) is 8.97. The van der Waals surface area contributed by atoms with E-state index in [1.807, 2.05) is 36.4 Å². The summed E-state index contributed by atoms with van der Waals surface area (Å²) in [6.45, 7) is 0. The summed E-state index contributed by atoms with van der Waals surface area (Å²) in [5.41, 5.74) is 2.76. The number of fused-ring (bicyclic) bond motifs is 1. The number of nitrogens with zero attached hydrogens (tertiary/aromatic N) is 3. The lowest BCUT2D eigenvalue weighted by molar-refractivity contribution is 1.27. The van der Waals surface area contributed by atoms with Gasteiger partial charge in [0.1, 0.15) is 0 Å². The molecule has 3 aromatic rings. The lowest BCUT2D eigenvalue weighted by atomic mass is 10.1. The molecule has 0 atom stereocenters. The van der Waals surface area contributed by atoms with Crippen LogP contribution in [-0.2, 0) is 0 Å². The number of pyridine rings is 3. The molecule has 3 aromatic heterocycles. The monoisotopic (exact) mass is 207 g/mol. The molecule has 3 rings (SSSR count). The van der Waals surface area contributed by atoms with Gasteiger partial charge in [0.25, 0.3) is 0 Å². The second-order valence-electron chi connectivity index (χ2n) is 3.48. The van der Waals surface area contributed by atoms with Crippen LogP contribution in [0.2, 0.25) is 0 Å². The van der Waals surface area contributed by atoms with Crippen LogP contribution in [0.15, 0.2) is 55.0 Å². The van der Waals surface area contributed by atoms with Crippen LogP contribution in [0.25, 0.3) is 22.3 Å². The van der Waals surface area contributed by atoms with E-state index in [-0.39, 0.29) is 0 Å². The fraction of sp³-hybridized carbons (Fsp3) is 0. The van der Waals surface area contributed by atoms with E-state index < -0.39 is 0 Å². The van der Waals surface area contributed by atoms with Crippen LogP contribution in [0.5, 0.6) is 0 Å². The molecule has 3 heteroatoms. The van der Waals surface area contributed by atoms with Gasteiger partial charge in [-0.05, 0) is 36.4 Å². The first-order chi connectivity index (χ1) is 7.93. The molecule has 0 aromatic carbocycles. The molecule has 0 fully saturated rings. The Morgan fingerprint density at radius 2 is 1.69 bits per heavy atom. The first-order valence-electron chi connectivity index (χ1n) is 5.06. The largest absolute Gasteiger partial charge is 0.265 e.